The average molecular weight is 510 g/mol. The molecule has 0 spiro atoms. The van der Waals surface area contributed by atoms with Gasteiger partial charge in [-0.05, 0) is 80.5 Å². The van der Waals surface area contributed by atoms with E-state index in [1.54, 1.807) is 0 Å². The molecule has 38 heavy (non-hydrogen) atoms. The SMILES string of the molecule is CCOC(=O)C1(NC)CC(n2c3ccccc3c3c4c(c(-c5ccccc5C)c(C)c32)CNC4=O)CC1C. The number of carbonyl (C=O) groups is 2. The Kier molecular flexibility index (Phi) is 5.84. The van der Waals surface area contributed by atoms with Crippen LogP contribution in [-0.4, -0.2) is 35.6 Å². The van der Waals surface area contributed by atoms with Gasteiger partial charge in [0.15, 0.2) is 0 Å². The van der Waals surface area contributed by atoms with Gasteiger partial charge in [-0.3, -0.25) is 9.59 Å². The smallest absolute Gasteiger partial charge is 0.326 e. The topological polar surface area (TPSA) is 72.4 Å². The van der Waals surface area contributed by atoms with Crippen LogP contribution < -0.4 is 10.6 Å². The highest BCUT2D eigenvalue weighted by molar-refractivity contribution is 6.22. The summed E-state index contributed by atoms with van der Waals surface area (Å²) in [6.07, 6.45) is 1.45. The number of ether oxygens (including phenoxy) is 1. The predicted molar refractivity (Wildman–Crippen MR) is 151 cm³/mol. The number of hydrogen-bond donors (Lipinski definition) is 2. The van der Waals surface area contributed by atoms with Crippen molar-refractivity contribution in [3.63, 3.8) is 0 Å². The zero-order valence-corrected chi connectivity index (χ0v) is 22.8. The van der Waals surface area contributed by atoms with E-state index in [9.17, 15) is 9.59 Å². The summed E-state index contributed by atoms with van der Waals surface area (Å²) >= 11 is 0. The number of fused-ring (bicyclic) bond motifs is 5. The van der Waals surface area contributed by atoms with Crippen molar-refractivity contribution in [2.45, 2.75) is 58.7 Å². The first-order chi connectivity index (χ1) is 18.3. The molecule has 1 fully saturated rings. The van der Waals surface area contributed by atoms with E-state index in [2.05, 4.69) is 78.4 Å². The summed E-state index contributed by atoms with van der Waals surface area (Å²) in [5.41, 5.74) is 7.96. The maximum Gasteiger partial charge on any atom is 0.326 e. The molecule has 2 aliphatic rings. The standard InChI is InChI=1S/C32H35N3O3/c1-6-38-31(37)32(33-5)16-21(15-19(32)3)35-25-14-10-9-13-23(25)27-28-24(17-34-30(28)36)26(20(4)29(27)35)22-12-8-7-11-18(22)2/h7-14,19,21,33H,6,15-17H2,1-5H3,(H,34,36). The molecule has 6 heteroatoms. The molecule has 196 valence electrons. The fourth-order valence-corrected chi connectivity index (χ4v) is 7.24. The minimum atomic E-state index is -0.751. The number of hydrogen-bond acceptors (Lipinski definition) is 4. The van der Waals surface area contributed by atoms with E-state index in [1.807, 2.05) is 20.0 Å². The van der Waals surface area contributed by atoms with Crippen LogP contribution in [0.15, 0.2) is 48.5 Å². The Morgan fingerprint density at radius 2 is 1.87 bits per heavy atom. The number of esters is 1. The van der Waals surface area contributed by atoms with Gasteiger partial charge in [-0.25, -0.2) is 0 Å². The molecule has 2 heterocycles. The van der Waals surface area contributed by atoms with Crippen molar-refractivity contribution in [3.8, 4) is 11.1 Å². The van der Waals surface area contributed by atoms with Crippen molar-refractivity contribution in [1.82, 2.24) is 15.2 Å². The minimum absolute atomic E-state index is 0.0152. The number of nitrogens with one attached hydrogen (secondary N) is 2. The summed E-state index contributed by atoms with van der Waals surface area (Å²) < 4.78 is 7.98. The van der Waals surface area contributed by atoms with Crippen molar-refractivity contribution in [2.24, 2.45) is 5.92 Å². The van der Waals surface area contributed by atoms with Crippen molar-refractivity contribution >= 4 is 33.7 Å². The molecule has 1 aliphatic carbocycles. The van der Waals surface area contributed by atoms with Crippen LogP contribution in [-0.2, 0) is 16.1 Å². The summed E-state index contributed by atoms with van der Waals surface area (Å²) in [7, 11) is 1.86. The summed E-state index contributed by atoms with van der Waals surface area (Å²) in [6.45, 7) is 9.20. The van der Waals surface area contributed by atoms with Crippen LogP contribution in [0.5, 0.6) is 0 Å². The predicted octanol–water partition coefficient (Wildman–Crippen LogP) is 5.81. The van der Waals surface area contributed by atoms with Gasteiger partial charge in [0.05, 0.1) is 17.7 Å². The van der Waals surface area contributed by atoms with Gasteiger partial charge in [0.2, 0.25) is 0 Å². The molecule has 3 aromatic carbocycles. The second-order valence-electron chi connectivity index (χ2n) is 10.9. The Hall–Kier alpha value is -3.64. The van der Waals surface area contributed by atoms with E-state index in [4.69, 9.17) is 4.74 Å². The molecule has 0 bridgehead atoms. The number of likely N-dealkylation sites (N-methyl/N-ethyl adjacent to an activating group) is 1. The van der Waals surface area contributed by atoms with Crippen molar-refractivity contribution in [2.75, 3.05) is 13.7 Å². The molecule has 6 nitrogen and oxygen atoms in total. The third-order valence-corrected chi connectivity index (χ3v) is 9.04. The maximum absolute atomic E-state index is 13.4. The van der Waals surface area contributed by atoms with Crippen LogP contribution in [0.1, 0.15) is 59.8 Å². The van der Waals surface area contributed by atoms with Gasteiger partial charge in [-0.1, -0.05) is 49.4 Å². The molecule has 1 saturated carbocycles. The quantitative estimate of drug-likeness (QED) is 0.333. The highest BCUT2D eigenvalue weighted by atomic mass is 16.5. The van der Waals surface area contributed by atoms with E-state index in [-0.39, 0.29) is 23.8 Å². The van der Waals surface area contributed by atoms with E-state index < -0.39 is 5.54 Å². The fourth-order valence-electron chi connectivity index (χ4n) is 7.24. The normalized spacial score (nSPS) is 22.7. The molecule has 3 atom stereocenters. The lowest BCUT2D eigenvalue weighted by Crippen LogP contribution is -2.53. The molecule has 1 aliphatic heterocycles. The second kappa shape index (κ2) is 8.98. The summed E-state index contributed by atoms with van der Waals surface area (Å²) in [5.74, 6) is -0.115. The molecule has 6 rings (SSSR count). The molecular formula is C32H35N3O3. The number of para-hydroxylation sites is 1. The monoisotopic (exact) mass is 509 g/mol. The van der Waals surface area contributed by atoms with Crippen molar-refractivity contribution in [1.29, 1.82) is 0 Å². The van der Waals surface area contributed by atoms with Crippen LogP contribution in [0, 0.1) is 19.8 Å². The Morgan fingerprint density at radius 3 is 2.61 bits per heavy atom. The molecule has 0 saturated heterocycles. The third-order valence-electron chi connectivity index (χ3n) is 9.04. The number of nitrogens with zero attached hydrogens (tertiary/aromatic N) is 1. The number of benzene rings is 3. The third kappa shape index (κ3) is 3.29. The summed E-state index contributed by atoms with van der Waals surface area (Å²) in [5, 5.41) is 8.58. The lowest BCUT2D eigenvalue weighted by molar-refractivity contribution is -0.152. The second-order valence-corrected chi connectivity index (χ2v) is 10.9. The van der Waals surface area contributed by atoms with E-state index >= 15 is 0 Å². The number of amides is 1. The number of aromatic nitrogens is 1. The van der Waals surface area contributed by atoms with Crippen LogP contribution in [0.3, 0.4) is 0 Å². The molecule has 1 amide bonds. The Balaban J connectivity index is 1.69. The van der Waals surface area contributed by atoms with Crippen molar-refractivity contribution < 1.29 is 14.3 Å². The number of rotatable bonds is 5. The van der Waals surface area contributed by atoms with Gasteiger partial charge in [0.25, 0.3) is 5.91 Å². The first kappa shape index (κ1) is 24.7. The lowest BCUT2D eigenvalue weighted by atomic mass is 9.87. The zero-order valence-electron chi connectivity index (χ0n) is 22.8. The maximum atomic E-state index is 13.4. The summed E-state index contributed by atoms with van der Waals surface area (Å²) in [4.78, 5) is 26.6. The molecule has 0 radical (unpaired) electrons. The van der Waals surface area contributed by atoms with E-state index in [0.717, 1.165) is 50.5 Å². The first-order valence-corrected chi connectivity index (χ1v) is 13.6. The van der Waals surface area contributed by atoms with Crippen LogP contribution in [0.2, 0.25) is 0 Å². The zero-order chi connectivity index (χ0) is 26.8. The largest absolute Gasteiger partial charge is 0.465 e. The summed E-state index contributed by atoms with van der Waals surface area (Å²) in [6, 6.07) is 16.9. The van der Waals surface area contributed by atoms with Gasteiger partial charge < -0.3 is 19.9 Å². The number of carbonyl (C=O) groups excluding carboxylic acids is 2. The Bertz CT molecular complexity index is 1620. The van der Waals surface area contributed by atoms with Gasteiger partial charge >= 0.3 is 5.97 Å². The van der Waals surface area contributed by atoms with Gasteiger partial charge in [0, 0.05) is 28.9 Å². The molecule has 2 N–H and O–H groups in total. The fraction of sp³-hybridized carbons (Fsp3) is 0.375. The van der Waals surface area contributed by atoms with E-state index in [0.29, 0.717) is 19.6 Å². The van der Waals surface area contributed by atoms with Crippen LogP contribution in [0.25, 0.3) is 32.9 Å². The minimum Gasteiger partial charge on any atom is -0.465 e. The molecule has 1 aromatic heterocycles. The number of aryl methyl sites for hydroxylation is 2. The van der Waals surface area contributed by atoms with Gasteiger partial charge in [0.1, 0.15) is 5.54 Å². The Morgan fingerprint density at radius 1 is 1.13 bits per heavy atom. The molecule has 3 unspecified atom stereocenters. The Labute approximate surface area is 223 Å². The van der Waals surface area contributed by atoms with Crippen LogP contribution >= 0.6 is 0 Å². The van der Waals surface area contributed by atoms with Gasteiger partial charge in [-0.15, -0.1) is 0 Å². The highest BCUT2D eigenvalue weighted by Gasteiger charge is 2.52. The van der Waals surface area contributed by atoms with Crippen molar-refractivity contribution in [3.05, 3.63) is 70.8 Å². The average Bonchev–Trinajstić information content (AvgIpc) is 3.57. The van der Waals surface area contributed by atoms with E-state index in [1.165, 1.54) is 11.1 Å². The highest BCUT2D eigenvalue weighted by Crippen LogP contribution is 2.50. The molecule has 4 aromatic rings. The first-order valence-electron chi connectivity index (χ1n) is 13.6. The van der Waals surface area contributed by atoms with Gasteiger partial charge in [-0.2, -0.15) is 0 Å². The lowest BCUT2D eigenvalue weighted by Gasteiger charge is -2.30. The molecular weight excluding hydrogens is 474 g/mol. The van der Waals surface area contributed by atoms with Crippen LogP contribution in [0.4, 0.5) is 0 Å².